The fourth-order valence-electron chi connectivity index (χ4n) is 2.30. The summed E-state index contributed by atoms with van der Waals surface area (Å²) in [6.45, 7) is 0. The number of rotatable bonds is 4. The van der Waals surface area contributed by atoms with Crippen molar-refractivity contribution < 1.29 is 30.4 Å². The lowest BCUT2D eigenvalue weighted by Gasteiger charge is -2.16. The lowest BCUT2D eigenvalue weighted by atomic mass is 10.1. The molecule has 0 amide bonds. The van der Waals surface area contributed by atoms with E-state index in [0.717, 1.165) is 28.9 Å². The summed E-state index contributed by atoms with van der Waals surface area (Å²) < 4.78 is 94.1. The van der Waals surface area contributed by atoms with Crippen LogP contribution in [0.2, 0.25) is 0 Å². The number of anilines is 1. The first-order valence-corrected chi connectivity index (χ1v) is 8.76. The van der Waals surface area contributed by atoms with Gasteiger partial charge in [0.2, 0.25) is 0 Å². The van der Waals surface area contributed by atoms with Gasteiger partial charge in [-0.1, -0.05) is 6.07 Å². The minimum absolute atomic E-state index is 0.0339. The van der Waals surface area contributed by atoms with Gasteiger partial charge in [-0.3, -0.25) is 4.72 Å². The van der Waals surface area contributed by atoms with Gasteiger partial charge in [0.1, 0.15) is 4.90 Å². The molecular weight excluding hydrogens is 393 g/mol. The van der Waals surface area contributed by atoms with Crippen LogP contribution >= 0.6 is 0 Å². The lowest BCUT2D eigenvalue weighted by Crippen LogP contribution is -2.18. The number of halogens is 5. The Kier molecular flexibility index (Phi) is 4.64. The number of sulfonamides is 1. The van der Waals surface area contributed by atoms with Crippen LogP contribution in [0.4, 0.5) is 27.6 Å². The molecule has 0 bridgehead atoms. The normalized spacial score (nSPS) is 12.2. The molecule has 0 atom stereocenters. The van der Waals surface area contributed by atoms with Crippen molar-refractivity contribution in [1.82, 2.24) is 9.78 Å². The van der Waals surface area contributed by atoms with E-state index in [-0.39, 0.29) is 5.69 Å². The van der Waals surface area contributed by atoms with Crippen LogP contribution in [0.25, 0.3) is 5.69 Å². The standard InChI is InChI=1S/C16H10F5N3O2S/c17-11-3-1-4-14(15(11)18)27(25,26)23-12-9-10(16(19,20)21)5-6-13(12)24-8-2-7-22-24/h1-9,23H. The van der Waals surface area contributed by atoms with E-state index in [1.165, 1.54) is 18.5 Å². The number of nitrogens with zero attached hydrogens (tertiary/aromatic N) is 2. The van der Waals surface area contributed by atoms with E-state index in [2.05, 4.69) is 5.10 Å². The molecular formula is C16H10F5N3O2S. The SMILES string of the molecule is O=S(=O)(Nc1cc(C(F)(F)F)ccc1-n1cccn1)c1cccc(F)c1F. The molecule has 142 valence electrons. The minimum Gasteiger partial charge on any atom is -0.277 e. The van der Waals surface area contributed by atoms with E-state index in [1.54, 1.807) is 0 Å². The maximum absolute atomic E-state index is 13.9. The molecule has 0 spiro atoms. The number of benzene rings is 2. The predicted molar refractivity (Wildman–Crippen MR) is 85.7 cm³/mol. The molecule has 0 unspecified atom stereocenters. The molecule has 3 aromatic rings. The molecule has 0 aliphatic heterocycles. The monoisotopic (exact) mass is 403 g/mol. The summed E-state index contributed by atoms with van der Waals surface area (Å²) in [7, 11) is -4.72. The Morgan fingerprint density at radius 2 is 1.78 bits per heavy atom. The summed E-state index contributed by atoms with van der Waals surface area (Å²) >= 11 is 0. The maximum atomic E-state index is 13.9. The number of aromatic nitrogens is 2. The molecule has 0 radical (unpaired) electrons. The molecule has 0 fully saturated rings. The van der Waals surface area contributed by atoms with Crippen molar-refractivity contribution >= 4 is 15.7 Å². The van der Waals surface area contributed by atoms with Gasteiger partial charge >= 0.3 is 6.18 Å². The van der Waals surface area contributed by atoms with Gasteiger partial charge in [-0.2, -0.15) is 18.3 Å². The first-order valence-electron chi connectivity index (χ1n) is 7.28. The summed E-state index contributed by atoms with van der Waals surface area (Å²) in [5.41, 5.74) is -1.67. The molecule has 11 heteroatoms. The Balaban J connectivity index is 2.13. The van der Waals surface area contributed by atoms with Crippen LogP contribution in [0, 0.1) is 11.6 Å². The van der Waals surface area contributed by atoms with Crippen LogP contribution in [0.1, 0.15) is 5.56 Å². The molecule has 0 saturated heterocycles. The van der Waals surface area contributed by atoms with E-state index >= 15 is 0 Å². The van der Waals surface area contributed by atoms with E-state index < -0.39 is 44.0 Å². The first kappa shape index (κ1) is 18.8. The third kappa shape index (κ3) is 3.77. The van der Waals surface area contributed by atoms with E-state index in [9.17, 15) is 30.4 Å². The minimum atomic E-state index is -4.74. The Morgan fingerprint density at radius 1 is 1.04 bits per heavy atom. The molecule has 1 N–H and O–H groups in total. The van der Waals surface area contributed by atoms with Crippen LogP contribution in [0.3, 0.4) is 0 Å². The van der Waals surface area contributed by atoms with Crippen LogP contribution in [-0.2, 0) is 16.2 Å². The third-order valence-electron chi connectivity index (χ3n) is 3.53. The van der Waals surface area contributed by atoms with Crippen molar-refractivity contribution in [2.75, 3.05) is 4.72 Å². The highest BCUT2D eigenvalue weighted by Crippen LogP contribution is 2.34. The van der Waals surface area contributed by atoms with Gasteiger partial charge < -0.3 is 0 Å². The van der Waals surface area contributed by atoms with Gasteiger partial charge in [-0.15, -0.1) is 0 Å². The molecule has 5 nitrogen and oxygen atoms in total. The van der Waals surface area contributed by atoms with Crippen molar-refractivity contribution in [2.24, 2.45) is 0 Å². The van der Waals surface area contributed by atoms with E-state index in [4.69, 9.17) is 0 Å². The van der Waals surface area contributed by atoms with Crippen LogP contribution in [0.15, 0.2) is 59.8 Å². The maximum Gasteiger partial charge on any atom is 0.416 e. The molecule has 0 saturated carbocycles. The molecule has 3 rings (SSSR count). The molecule has 1 aromatic heterocycles. The van der Waals surface area contributed by atoms with Crippen molar-refractivity contribution in [3.05, 3.63) is 72.1 Å². The quantitative estimate of drug-likeness (QED) is 0.671. The molecule has 0 aliphatic rings. The van der Waals surface area contributed by atoms with Crippen LogP contribution < -0.4 is 4.72 Å². The summed E-state index contributed by atoms with van der Waals surface area (Å²) in [5.74, 6) is -3.05. The van der Waals surface area contributed by atoms with Crippen molar-refractivity contribution in [3.63, 3.8) is 0 Å². The highest BCUT2D eigenvalue weighted by molar-refractivity contribution is 7.92. The number of alkyl halides is 3. The number of nitrogens with one attached hydrogen (secondary N) is 1. The van der Waals surface area contributed by atoms with Gasteiger partial charge in [-0.05, 0) is 36.4 Å². The molecule has 2 aromatic carbocycles. The second-order valence-electron chi connectivity index (χ2n) is 5.34. The molecule has 1 heterocycles. The van der Waals surface area contributed by atoms with Gasteiger partial charge in [0.15, 0.2) is 11.6 Å². The van der Waals surface area contributed by atoms with Gasteiger partial charge in [-0.25, -0.2) is 21.9 Å². The van der Waals surface area contributed by atoms with Gasteiger partial charge in [0, 0.05) is 12.4 Å². The van der Waals surface area contributed by atoms with E-state index in [0.29, 0.717) is 12.1 Å². The lowest BCUT2D eigenvalue weighted by molar-refractivity contribution is -0.137. The highest BCUT2D eigenvalue weighted by atomic mass is 32.2. The second kappa shape index (κ2) is 6.65. The van der Waals surface area contributed by atoms with Crippen molar-refractivity contribution in [3.8, 4) is 5.69 Å². The summed E-state index contributed by atoms with van der Waals surface area (Å²) in [6, 6.07) is 6.25. The van der Waals surface area contributed by atoms with Crippen LogP contribution in [0.5, 0.6) is 0 Å². The Labute approximate surface area is 150 Å². The zero-order chi connectivity index (χ0) is 19.8. The Hall–Kier alpha value is -2.95. The largest absolute Gasteiger partial charge is 0.416 e. The Morgan fingerprint density at radius 3 is 2.41 bits per heavy atom. The average molecular weight is 403 g/mol. The average Bonchev–Trinajstić information content (AvgIpc) is 3.10. The fourth-order valence-corrected chi connectivity index (χ4v) is 3.45. The van der Waals surface area contributed by atoms with Crippen LogP contribution in [-0.4, -0.2) is 18.2 Å². The summed E-state index contributed by atoms with van der Waals surface area (Å²) in [6.07, 6.45) is -2.03. The molecule has 27 heavy (non-hydrogen) atoms. The van der Waals surface area contributed by atoms with E-state index in [1.807, 2.05) is 4.72 Å². The van der Waals surface area contributed by atoms with Crippen molar-refractivity contribution in [2.45, 2.75) is 11.1 Å². The van der Waals surface area contributed by atoms with Gasteiger partial charge in [0.05, 0.1) is 16.9 Å². The van der Waals surface area contributed by atoms with Crippen molar-refractivity contribution in [1.29, 1.82) is 0 Å². The number of hydrogen-bond donors (Lipinski definition) is 1. The fraction of sp³-hybridized carbons (Fsp3) is 0.0625. The smallest absolute Gasteiger partial charge is 0.277 e. The van der Waals surface area contributed by atoms with Gasteiger partial charge in [0.25, 0.3) is 10.0 Å². The molecule has 0 aliphatic carbocycles. The topological polar surface area (TPSA) is 64.0 Å². The summed E-state index contributed by atoms with van der Waals surface area (Å²) in [4.78, 5) is -1.04. The zero-order valence-electron chi connectivity index (χ0n) is 13.2. The second-order valence-corrected chi connectivity index (χ2v) is 6.99. The summed E-state index contributed by atoms with van der Waals surface area (Å²) in [5, 5.41) is 3.84. The Bertz CT molecular complexity index is 1080. The third-order valence-corrected chi connectivity index (χ3v) is 4.91. The zero-order valence-corrected chi connectivity index (χ0v) is 14.0. The first-order chi connectivity index (χ1) is 12.6. The highest BCUT2D eigenvalue weighted by Gasteiger charge is 2.32. The number of hydrogen-bond acceptors (Lipinski definition) is 3. The predicted octanol–water partition coefficient (Wildman–Crippen LogP) is 3.97.